The number of hydrogen-bond acceptors (Lipinski definition) is 4. The van der Waals surface area contributed by atoms with E-state index >= 15 is 0 Å². The molecular weight excluding hydrogens is 346 g/mol. The molecule has 1 aliphatic rings. The second-order valence-electron chi connectivity index (χ2n) is 6.89. The predicted octanol–water partition coefficient (Wildman–Crippen LogP) is 3.51. The summed E-state index contributed by atoms with van der Waals surface area (Å²) in [4.78, 5) is 37.3. The Kier molecular flexibility index (Phi) is 4.94. The number of carbonyl (C=O) groups is 2. The molecule has 140 valence electrons. The van der Waals surface area contributed by atoms with Crippen molar-refractivity contribution in [1.82, 2.24) is 0 Å². The fourth-order valence-corrected chi connectivity index (χ4v) is 3.42. The lowest BCUT2D eigenvalue weighted by Crippen LogP contribution is -2.28. The Balaban J connectivity index is 1.77. The van der Waals surface area contributed by atoms with Crippen LogP contribution in [0.3, 0.4) is 0 Å². The highest BCUT2D eigenvalue weighted by molar-refractivity contribution is 6.04. The number of nitro groups is 1. The molecule has 1 aliphatic heterocycles. The summed E-state index contributed by atoms with van der Waals surface area (Å²) < 4.78 is 0. The summed E-state index contributed by atoms with van der Waals surface area (Å²) >= 11 is 0. The Morgan fingerprint density at radius 2 is 1.96 bits per heavy atom. The molecule has 0 aromatic heterocycles. The van der Waals surface area contributed by atoms with Crippen LogP contribution in [-0.2, 0) is 9.59 Å². The van der Waals surface area contributed by atoms with Gasteiger partial charge < -0.3 is 10.2 Å². The van der Waals surface area contributed by atoms with Gasteiger partial charge in [0, 0.05) is 24.7 Å². The van der Waals surface area contributed by atoms with Crippen molar-refractivity contribution in [1.29, 1.82) is 0 Å². The van der Waals surface area contributed by atoms with Gasteiger partial charge in [-0.25, -0.2) is 0 Å². The van der Waals surface area contributed by atoms with Gasteiger partial charge in [-0.05, 0) is 38.5 Å². The van der Waals surface area contributed by atoms with Gasteiger partial charge in [0.15, 0.2) is 0 Å². The quantitative estimate of drug-likeness (QED) is 0.661. The molecule has 2 aromatic carbocycles. The molecule has 7 nitrogen and oxygen atoms in total. The largest absolute Gasteiger partial charge is 0.325 e. The van der Waals surface area contributed by atoms with Crippen LogP contribution in [0.5, 0.6) is 0 Å². The lowest BCUT2D eigenvalue weighted by atomic mass is 10.1. The van der Waals surface area contributed by atoms with E-state index in [1.54, 1.807) is 17.9 Å². The van der Waals surface area contributed by atoms with Gasteiger partial charge in [0.2, 0.25) is 11.8 Å². The molecule has 1 saturated heterocycles. The average molecular weight is 367 g/mol. The maximum Gasteiger partial charge on any atom is 0.274 e. The minimum Gasteiger partial charge on any atom is -0.325 e. The molecule has 3 rings (SSSR count). The summed E-state index contributed by atoms with van der Waals surface area (Å²) in [6, 6.07) is 10.4. The van der Waals surface area contributed by atoms with Crippen LogP contribution in [0, 0.1) is 36.8 Å². The van der Waals surface area contributed by atoms with E-state index in [4.69, 9.17) is 0 Å². The lowest BCUT2D eigenvalue weighted by molar-refractivity contribution is -0.385. The van der Waals surface area contributed by atoms with Gasteiger partial charge in [0.25, 0.3) is 5.69 Å². The second-order valence-corrected chi connectivity index (χ2v) is 6.89. The summed E-state index contributed by atoms with van der Waals surface area (Å²) in [7, 11) is 0. The van der Waals surface area contributed by atoms with E-state index in [9.17, 15) is 19.7 Å². The van der Waals surface area contributed by atoms with E-state index in [2.05, 4.69) is 5.32 Å². The summed E-state index contributed by atoms with van der Waals surface area (Å²) in [5.41, 5.74) is 3.65. The first-order valence-electron chi connectivity index (χ1n) is 8.70. The van der Waals surface area contributed by atoms with Gasteiger partial charge in [-0.2, -0.15) is 0 Å². The third kappa shape index (κ3) is 3.67. The van der Waals surface area contributed by atoms with Crippen LogP contribution in [0.15, 0.2) is 36.4 Å². The van der Waals surface area contributed by atoms with E-state index in [0.717, 1.165) is 16.8 Å². The van der Waals surface area contributed by atoms with Crippen LogP contribution < -0.4 is 10.2 Å². The van der Waals surface area contributed by atoms with Crippen LogP contribution in [0.4, 0.5) is 17.1 Å². The van der Waals surface area contributed by atoms with Gasteiger partial charge in [-0.1, -0.05) is 23.8 Å². The molecule has 0 bridgehead atoms. The Bertz CT molecular complexity index is 939. The highest BCUT2D eigenvalue weighted by Crippen LogP contribution is 2.30. The molecule has 1 N–H and O–H groups in total. The van der Waals surface area contributed by atoms with E-state index in [1.165, 1.54) is 12.1 Å². The van der Waals surface area contributed by atoms with Crippen molar-refractivity contribution in [3.8, 4) is 0 Å². The molecule has 0 saturated carbocycles. The van der Waals surface area contributed by atoms with Crippen LogP contribution in [0.1, 0.15) is 23.1 Å². The fraction of sp³-hybridized carbons (Fsp3) is 0.300. The zero-order valence-corrected chi connectivity index (χ0v) is 15.5. The van der Waals surface area contributed by atoms with E-state index < -0.39 is 10.8 Å². The van der Waals surface area contributed by atoms with Crippen LogP contribution in [-0.4, -0.2) is 23.3 Å². The van der Waals surface area contributed by atoms with Crippen molar-refractivity contribution in [2.75, 3.05) is 16.8 Å². The number of nitro benzene ring substituents is 1. The summed E-state index contributed by atoms with van der Waals surface area (Å²) in [6.07, 6.45) is 0.118. The minimum absolute atomic E-state index is 0.0489. The van der Waals surface area contributed by atoms with E-state index in [-0.39, 0.29) is 23.9 Å². The Labute approximate surface area is 157 Å². The van der Waals surface area contributed by atoms with E-state index in [0.29, 0.717) is 17.8 Å². The van der Waals surface area contributed by atoms with Gasteiger partial charge in [-0.15, -0.1) is 0 Å². The number of aryl methyl sites for hydroxylation is 2. The molecule has 0 aliphatic carbocycles. The number of rotatable bonds is 4. The molecule has 1 fully saturated rings. The standard InChI is InChI=1S/C20H21N3O4/c1-12-7-8-17(13(2)9-12)22-11-15(10-19(22)24)20(25)21-16-5-4-6-18(14(16)3)23(26)27/h4-9,15H,10-11H2,1-3H3,(H,21,25). The highest BCUT2D eigenvalue weighted by atomic mass is 16.6. The van der Waals surface area contributed by atoms with Crippen molar-refractivity contribution >= 4 is 28.9 Å². The highest BCUT2D eigenvalue weighted by Gasteiger charge is 2.36. The summed E-state index contributed by atoms with van der Waals surface area (Å²) in [6.45, 7) is 5.81. The first-order chi connectivity index (χ1) is 12.8. The van der Waals surface area contributed by atoms with E-state index in [1.807, 2.05) is 32.0 Å². The predicted molar refractivity (Wildman–Crippen MR) is 103 cm³/mol. The fourth-order valence-electron chi connectivity index (χ4n) is 3.42. The van der Waals surface area contributed by atoms with Crippen molar-refractivity contribution in [3.63, 3.8) is 0 Å². The molecule has 0 radical (unpaired) electrons. The van der Waals surface area contributed by atoms with Crippen LogP contribution >= 0.6 is 0 Å². The van der Waals surface area contributed by atoms with Crippen LogP contribution in [0.2, 0.25) is 0 Å². The van der Waals surface area contributed by atoms with Gasteiger partial charge >= 0.3 is 0 Å². The number of nitrogens with one attached hydrogen (secondary N) is 1. The topological polar surface area (TPSA) is 92.6 Å². The van der Waals surface area contributed by atoms with Gasteiger partial charge in [0.1, 0.15) is 0 Å². The Morgan fingerprint density at radius 3 is 2.63 bits per heavy atom. The number of benzene rings is 2. The Morgan fingerprint density at radius 1 is 1.22 bits per heavy atom. The number of anilines is 2. The number of nitrogens with zero attached hydrogens (tertiary/aromatic N) is 2. The molecule has 2 amide bonds. The number of amides is 2. The third-order valence-corrected chi connectivity index (χ3v) is 4.90. The van der Waals surface area contributed by atoms with Crippen molar-refractivity contribution in [2.45, 2.75) is 27.2 Å². The monoisotopic (exact) mass is 367 g/mol. The lowest BCUT2D eigenvalue weighted by Gasteiger charge is -2.19. The number of hydrogen-bond donors (Lipinski definition) is 1. The maximum atomic E-state index is 12.6. The number of carbonyl (C=O) groups excluding carboxylic acids is 2. The molecule has 7 heteroatoms. The van der Waals surface area contributed by atoms with Crippen LogP contribution in [0.25, 0.3) is 0 Å². The average Bonchev–Trinajstić information content (AvgIpc) is 2.98. The SMILES string of the molecule is Cc1ccc(N2CC(C(=O)Nc3cccc([N+](=O)[O-])c3C)CC2=O)c(C)c1. The summed E-state index contributed by atoms with van der Waals surface area (Å²) in [5.74, 6) is -0.908. The maximum absolute atomic E-state index is 12.6. The van der Waals surface area contributed by atoms with Crippen molar-refractivity contribution in [3.05, 3.63) is 63.2 Å². The smallest absolute Gasteiger partial charge is 0.274 e. The molecule has 2 aromatic rings. The molecule has 1 atom stereocenters. The molecule has 1 unspecified atom stereocenters. The molecular formula is C20H21N3O4. The first-order valence-corrected chi connectivity index (χ1v) is 8.70. The zero-order chi connectivity index (χ0) is 19.7. The van der Waals surface area contributed by atoms with Gasteiger partial charge in [0.05, 0.1) is 22.1 Å². The third-order valence-electron chi connectivity index (χ3n) is 4.90. The molecule has 0 spiro atoms. The Hall–Kier alpha value is -3.22. The molecule has 27 heavy (non-hydrogen) atoms. The zero-order valence-electron chi connectivity index (χ0n) is 15.5. The minimum atomic E-state index is -0.503. The van der Waals surface area contributed by atoms with Crippen molar-refractivity contribution in [2.24, 2.45) is 5.92 Å². The molecule has 1 heterocycles. The normalized spacial score (nSPS) is 16.5. The van der Waals surface area contributed by atoms with Crippen molar-refractivity contribution < 1.29 is 14.5 Å². The second kappa shape index (κ2) is 7.19. The first kappa shape index (κ1) is 18.6. The summed E-state index contributed by atoms with van der Waals surface area (Å²) in [5, 5.41) is 13.8. The van der Waals surface area contributed by atoms with Gasteiger partial charge in [-0.3, -0.25) is 19.7 Å².